The zero-order valence-electron chi connectivity index (χ0n) is 31.0. The van der Waals surface area contributed by atoms with E-state index in [9.17, 15) is 0 Å². The van der Waals surface area contributed by atoms with E-state index in [1.54, 1.807) is 0 Å². The third-order valence-electron chi connectivity index (χ3n) is 12.2. The van der Waals surface area contributed by atoms with Gasteiger partial charge in [-0.15, -0.1) is 0 Å². The molecule has 3 heteroatoms. The van der Waals surface area contributed by atoms with Crippen LogP contribution in [0.4, 0.5) is 17.1 Å². The van der Waals surface area contributed by atoms with E-state index in [1.165, 1.54) is 43.8 Å². The van der Waals surface area contributed by atoms with Gasteiger partial charge in [-0.1, -0.05) is 135 Å². The highest BCUT2D eigenvalue weighted by Crippen LogP contribution is 2.52. The maximum Gasteiger partial charge on any atom is 0.159 e. The summed E-state index contributed by atoms with van der Waals surface area (Å²) in [5, 5.41) is 9.16. The molecule has 3 nitrogen and oxygen atoms in total. The van der Waals surface area contributed by atoms with Gasteiger partial charge in [0.1, 0.15) is 16.7 Å². The number of benzene rings is 9. The molecule has 56 heavy (non-hydrogen) atoms. The van der Waals surface area contributed by atoms with Gasteiger partial charge in [0.25, 0.3) is 0 Å². The lowest BCUT2D eigenvalue weighted by Gasteiger charge is -2.28. The molecule has 0 unspecified atom stereocenters. The molecular formula is C53H35NO2. The van der Waals surface area contributed by atoms with Gasteiger partial charge in [-0.3, -0.25) is 0 Å². The van der Waals surface area contributed by atoms with Gasteiger partial charge in [-0.25, -0.2) is 0 Å². The third-order valence-corrected chi connectivity index (χ3v) is 12.2. The second kappa shape index (κ2) is 11.5. The maximum absolute atomic E-state index is 6.90. The van der Waals surface area contributed by atoms with Gasteiger partial charge in [0.15, 0.2) is 5.58 Å². The van der Waals surface area contributed by atoms with Crippen LogP contribution < -0.4 is 4.90 Å². The Morgan fingerprint density at radius 3 is 2.00 bits per heavy atom. The smallest absolute Gasteiger partial charge is 0.159 e. The Morgan fingerprint density at radius 1 is 0.411 bits per heavy atom. The Balaban J connectivity index is 1.12. The molecular weight excluding hydrogens is 683 g/mol. The molecule has 0 bridgehead atoms. The minimum Gasteiger partial charge on any atom is -0.455 e. The predicted octanol–water partition coefficient (Wildman–Crippen LogP) is 15.2. The number of nitrogens with zero attached hydrogens (tertiary/aromatic N) is 1. The van der Waals surface area contributed by atoms with Crippen LogP contribution in [0.5, 0.6) is 0 Å². The van der Waals surface area contributed by atoms with Crippen LogP contribution in [0.2, 0.25) is 0 Å². The predicted molar refractivity (Wildman–Crippen MR) is 234 cm³/mol. The van der Waals surface area contributed by atoms with E-state index >= 15 is 0 Å². The number of para-hydroxylation sites is 2. The van der Waals surface area contributed by atoms with Crippen LogP contribution in [0.3, 0.4) is 0 Å². The molecule has 9 aromatic carbocycles. The molecule has 0 spiro atoms. The summed E-state index contributed by atoms with van der Waals surface area (Å²) in [6, 6.07) is 63.4. The van der Waals surface area contributed by atoms with Crippen LogP contribution in [0.1, 0.15) is 25.0 Å². The van der Waals surface area contributed by atoms with E-state index in [4.69, 9.17) is 8.83 Å². The van der Waals surface area contributed by atoms with E-state index in [2.05, 4.69) is 189 Å². The summed E-state index contributed by atoms with van der Waals surface area (Å²) in [7, 11) is 0. The molecule has 0 atom stereocenters. The molecule has 0 saturated heterocycles. The number of hydrogen-bond donors (Lipinski definition) is 0. The van der Waals surface area contributed by atoms with Crippen LogP contribution in [0, 0.1) is 0 Å². The molecule has 1 aliphatic rings. The highest BCUT2D eigenvalue weighted by molar-refractivity contribution is 6.19. The van der Waals surface area contributed by atoms with Gasteiger partial charge in [-0.2, -0.15) is 0 Å². The van der Waals surface area contributed by atoms with E-state index in [1.807, 2.05) is 6.07 Å². The fourth-order valence-corrected chi connectivity index (χ4v) is 9.50. The van der Waals surface area contributed by atoms with Gasteiger partial charge in [0.2, 0.25) is 0 Å². The summed E-state index contributed by atoms with van der Waals surface area (Å²) in [4.78, 5) is 2.37. The summed E-state index contributed by atoms with van der Waals surface area (Å²) < 4.78 is 13.6. The van der Waals surface area contributed by atoms with E-state index in [-0.39, 0.29) is 5.41 Å². The van der Waals surface area contributed by atoms with Crippen LogP contribution in [0.25, 0.3) is 87.7 Å². The maximum atomic E-state index is 6.90. The number of fused-ring (bicyclic) bond motifs is 11. The lowest BCUT2D eigenvalue weighted by atomic mass is 9.82. The van der Waals surface area contributed by atoms with Crippen LogP contribution in [-0.4, -0.2) is 0 Å². The largest absolute Gasteiger partial charge is 0.455 e. The molecule has 11 aromatic rings. The lowest BCUT2D eigenvalue weighted by Crippen LogP contribution is -2.16. The summed E-state index contributed by atoms with van der Waals surface area (Å²) >= 11 is 0. The molecule has 2 heterocycles. The summed E-state index contributed by atoms with van der Waals surface area (Å²) in [6.07, 6.45) is 0. The van der Waals surface area contributed by atoms with Crippen molar-refractivity contribution >= 4 is 82.5 Å². The van der Waals surface area contributed by atoms with Crippen molar-refractivity contribution < 1.29 is 8.83 Å². The standard InChI is InChI=1S/C53H35NO2/c1-53(2)45-19-9-7-16-39(45)40-26-24-37(31-46(40)53)54(47-20-11-18-42-41-17-8-10-21-48(41)55-51(42)47)36-25-27-49-43(30-36)44-29-34-14-5-6-15-38(34)50(52(44)56-49)35-23-22-32-12-3-4-13-33(32)28-35/h3-31H,1-2H3. The van der Waals surface area contributed by atoms with E-state index in [0.29, 0.717) is 0 Å². The molecule has 0 radical (unpaired) electrons. The summed E-state index contributed by atoms with van der Waals surface area (Å²) in [6.45, 7) is 4.68. The highest BCUT2D eigenvalue weighted by Gasteiger charge is 2.36. The van der Waals surface area contributed by atoms with Gasteiger partial charge < -0.3 is 13.7 Å². The Labute approximate surface area is 323 Å². The lowest BCUT2D eigenvalue weighted by molar-refractivity contribution is 0.660. The second-order valence-electron chi connectivity index (χ2n) is 15.7. The molecule has 12 rings (SSSR count). The van der Waals surface area contributed by atoms with Gasteiger partial charge in [-0.05, 0) is 104 Å². The van der Waals surface area contributed by atoms with E-state index < -0.39 is 0 Å². The fraction of sp³-hybridized carbons (Fsp3) is 0.0566. The van der Waals surface area contributed by atoms with Crippen LogP contribution in [0.15, 0.2) is 185 Å². The Hall–Kier alpha value is -7.10. The monoisotopic (exact) mass is 717 g/mol. The first kappa shape index (κ1) is 31.3. The summed E-state index contributed by atoms with van der Waals surface area (Å²) in [5.74, 6) is 0. The van der Waals surface area contributed by atoms with Crippen molar-refractivity contribution in [1.82, 2.24) is 0 Å². The minimum absolute atomic E-state index is 0.149. The third kappa shape index (κ3) is 4.40. The summed E-state index contributed by atoms with van der Waals surface area (Å²) in [5.41, 5.74) is 14.0. The number of hydrogen-bond acceptors (Lipinski definition) is 3. The zero-order chi connectivity index (χ0) is 37.1. The highest BCUT2D eigenvalue weighted by atomic mass is 16.3. The average molecular weight is 718 g/mol. The molecule has 264 valence electrons. The number of furan rings is 2. The van der Waals surface area contributed by atoms with Gasteiger partial charge in [0, 0.05) is 43.9 Å². The first-order chi connectivity index (χ1) is 27.5. The van der Waals surface area contributed by atoms with Crippen molar-refractivity contribution in [3.05, 3.63) is 187 Å². The van der Waals surface area contributed by atoms with Crippen LogP contribution >= 0.6 is 0 Å². The van der Waals surface area contributed by atoms with Gasteiger partial charge in [0.05, 0.1) is 5.69 Å². The number of rotatable bonds is 4. The Morgan fingerprint density at radius 2 is 1.09 bits per heavy atom. The van der Waals surface area contributed by atoms with E-state index in [0.717, 1.165) is 72.1 Å². The Bertz CT molecular complexity index is 3420. The van der Waals surface area contributed by atoms with Crippen molar-refractivity contribution in [2.24, 2.45) is 0 Å². The van der Waals surface area contributed by atoms with Crippen molar-refractivity contribution in [2.75, 3.05) is 4.90 Å². The molecule has 0 saturated carbocycles. The molecule has 0 N–H and O–H groups in total. The zero-order valence-corrected chi connectivity index (χ0v) is 31.0. The van der Waals surface area contributed by atoms with Crippen LogP contribution in [-0.2, 0) is 5.41 Å². The molecule has 0 amide bonds. The van der Waals surface area contributed by atoms with Crippen molar-refractivity contribution in [3.63, 3.8) is 0 Å². The quantitative estimate of drug-likeness (QED) is 0.182. The van der Waals surface area contributed by atoms with Crippen molar-refractivity contribution in [3.8, 4) is 22.3 Å². The fourth-order valence-electron chi connectivity index (χ4n) is 9.50. The molecule has 1 aliphatic carbocycles. The molecule has 0 fully saturated rings. The minimum atomic E-state index is -0.149. The SMILES string of the molecule is CC1(C)c2ccccc2-c2ccc(N(c3ccc4oc5c(-c6ccc7ccccc7c6)c6ccccc6cc5c4c3)c3cccc4c3oc3ccccc34)cc21. The molecule has 2 aromatic heterocycles. The molecule has 0 aliphatic heterocycles. The van der Waals surface area contributed by atoms with Crippen molar-refractivity contribution in [1.29, 1.82) is 0 Å². The topological polar surface area (TPSA) is 29.5 Å². The Kier molecular flexibility index (Phi) is 6.40. The first-order valence-corrected chi connectivity index (χ1v) is 19.3. The number of anilines is 3. The average Bonchev–Trinajstić information content (AvgIpc) is 3.87. The normalized spacial score (nSPS) is 13.3. The first-order valence-electron chi connectivity index (χ1n) is 19.3. The van der Waals surface area contributed by atoms with Gasteiger partial charge >= 0.3 is 0 Å². The van der Waals surface area contributed by atoms with Crippen molar-refractivity contribution in [2.45, 2.75) is 19.3 Å². The second-order valence-corrected chi connectivity index (χ2v) is 15.7.